The van der Waals surface area contributed by atoms with Gasteiger partial charge in [-0.05, 0) is 51.1 Å². The molecule has 0 aliphatic carbocycles. The Kier molecular flexibility index (Phi) is 4.32. The molecule has 1 aromatic rings. The predicted molar refractivity (Wildman–Crippen MR) is 67.3 cm³/mol. The Labute approximate surface area is 102 Å². The number of hydrogen-bond acceptors (Lipinski definition) is 3. The first-order valence-electron chi connectivity index (χ1n) is 5.58. The summed E-state index contributed by atoms with van der Waals surface area (Å²) in [6.45, 7) is 9.69. The standard InChI is InChI=1S/C14H18O3/c1-5-14(3,4)17-12-9-7-11(8-10-12)13(15)16-6-2/h5,7-10H,1,6H2,2-4H3. The smallest absolute Gasteiger partial charge is 0.338 e. The highest BCUT2D eigenvalue weighted by molar-refractivity contribution is 5.89. The lowest BCUT2D eigenvalue weighted by Gasteiger charge is -2.22. The van der Waals surface area contributed by atoms with Gasteiger partial charge in [0.05, 0.1) is 12.2 Å². The number of rotatable bonds is 5. The molecule has 0 amide bonds. The van der Waals surface area contributed by atoms with Crippen LogP contribution in [-0.4, -0.2) is 18.2 Å². The van der Waals surface area contributed by atoms with Crippen molar-refractivity contribution in [1.82, 2.24) is 0 Å². The minimum atomic E-state index is -0.425. The summed E-state index contributed by atoms with van der Waals surface area (Å²) in [7, 11) is 0. The summed E-state index contributed by atoms with van der Waals surface area (Å²) in [6.07, 6.45) is 1.73. The molecule has 0 bridgehead atoms. The predicted octanol–water partition coefficient (Wildman–Crippen LogP) is 3.21. The van der Waals surface area contributed by atoms with Crippen molar-refractivity contribution in [3.63, 3.8) is 0 Å². The van der Waals surface area contributed by atoms with Crippen molar-refractivity contribution in [1.29, 1.82) is 0 Å². The quantitative estimate of drug-likeness (QED) is 0.579. The number of benzene rings is 1. The Morgan fingerprint density at radius 2 is 1.94 bits per heavy atom. The van der Waals surface area contributed by atoms with Crippen LogP contribution in [0.4, 0.5) is 0 Å². The minimum absolute atomic E-state index is 0.318. The number of hydrogen-bond donors (Lipinski definition) is 0. The van der Waals surface area contributed by atoms with Gasteiger partial charge >= 0.3 is 5.97 Å². The van der Waals surface area contributed by atoms with Crippen molar-refractivity contribution in [2.24, 2.45) is 0 Å². The number of ether oxygens (including phenoxy) is 2. The highest BCUT2D eigenvalue weighted by Gasteiger charge is 2.14. The van der Waals surface area contributed by atoms with Crippen molar-refractivity contribution >= 4 is 5.97 Å². The highest BCUT2D eigenvalue weighted by atomic mass is 16.5. The zero-order chi connectivity index (χ0) is 12.9. The van der Waals surface area contributed by atoms with Gasteiger partial charge in [0.2, 0.25) is 0 Å². The van der Waals surface area contributed by atoms with E-state index < -0.39 is 5.60 Å². The van der Waals surface area contributed by atoms with Gasteiger partial charge in [-0.15, -0.1) is 0 Å². The summed E-state index contributed by atoms with van der Waals surface area (Å²) in [6, 6.07) is 6.87. The first-order chi connectivity index (χ1) is 7.98. The average Bonchev–Trinajstić information content (AvgIpc) is 2.30. The van der Waals surface area contributed by atoms with Crippen molar-refractivity contribution < 1.29 is 14.3 Å². The van der Waals surface area contributed by atoms with Crippen molar-refractivity contribution in [2.75, 3.05) is 6.61 Å². The lowest BCUT2D eigenvalue weighted by Crippen LogP contribution is -2.24. The van der Waals surface area contributed by atoms with Crippen molar-refractivity contribution in [2.45, 2.75) is 26.4 Å². The molecule has 0 saturated heterocycles. The fourth-order valence-electron chi connectivity index (χ4n) is 1.22. The molecule has 0 fully saturated rings. The molecule has 0 heterocycles. The van der Waals surface area contributed by atoms with E-state index in [0.29, 0.717) is 17.9 Å². The van der Waals surface area contributed by atoms with Crippen LogP contribution in [0.1, 0.15) is 31.1 Å². The molecular formula is C14H18O3. The molecule has 0 aliphatic heterocycles. The van der Waals surface area contributed by atoms with Crippen LogP contribution in [0.15, 0.2) is 36.9 Å². The van der Waals surface area contributed by atoms with Crippen LogP contribution in [-0.2, 0) is 4.74 Å². The van der Waals surface area contributed by atoms with Gasteiger partial charge in [0, 0.05) is 0 Å². The molecule has 0 N–H and O–H groups in total. The Bertz CT molecular complexity index is 390. The molecule has 3 heteroatoms. The summed E-state index contributed by atoms with van der Waals surface area (Å²) in [5.74, 6) is 0.380. The van der Waals surface area contributed by atoms with E-state index in [1.165, 1.54) is 0 Å². The molecule has 0 aromatic heterocycles. The van der Waals surface area contributed by atoms with Gasteiger partial charge < -0.3 is 9.47 Å². The van der Waals surface area contributed by atoms with Crippen LogP contribution in [0.5, 0.6) is 5.75 Å². The SMILES string of the molecule is C=CC(C)(C)Oc1ccc(C(=O)OCC)cc1. The van der Waals surface area contributed by atoms with Crippen LogP contribution >= 0.6 is 0 Å². The molecule has 0 unspecified atom stereocenters. The monoisotopic (exact) mass is 234 g/mol. The second kappa shape index (κ2) is 5.53. The van der Waals surface area contributed by atoms with Gasteiger partial charge in [-0.1, -0.05) is 6.58 Å². The number of carbonyl (C=O) groups is 1. The summed E-state index contributed by atoms with van der Waals surface area (Å²) >= 11 is 0. The van der Waals surface area contributed by atoms with Gasteiger partial charge in [-0.25, -0.2) is 4.79 Å². The Morgan fingerprint density at radius 1 is 1.35 bits per heavy atom. The van der Waals surface area contributed by atoms with E-state index in [0.717, 1.165) is 0 Å². The second-order valence-corrected chi connectivity index (χ2v) is 4.15. The third-order valence-electron chi connectivity index (χ3n) is 2.24. The number of esters is 1. The Balaban J connectivity index is 2.75. The van der Waals surface area contributed by atoms with Crippen molar-refractivity contribution in [3.05, 3.63) is 42.5 Å². The Morgan fingerprint density at radius 3 is 2.41 bits per heavy atom. The van der Waals surface area contributed by atoms with Gasteiger partial charge in [0.25, 0.3) is 0 Å². The van der Waals surface area contributed by atoms with Crippen LogP contribution in [0, 0.1) is 0 Å². The van der Waals surface area contributed by atoms with Crippen LogP contribution in [0.25, 0.3) is 0 Å². The van der Waals surface area contributed by atoms with Gasteiger partial charge in [0.1, 0.15) is 11.4 Å². The molecule has 1 rings (SSSR count). The van der Waals surface area contributed by atoms with Crippen molar-refractivity contribution in [3.8, 4) is 5.75 Å². The van der Waals surface area contributed by atoms with E-state index in [4.69, 9.17) is 9.47 Å². The van der Waals surface area contributed by atoms with Gasteiger partial charge in [-0.3, -0.25) is 0 Å². The van der Waals surface area contributed by atoms with Crippen LogP contribution < -0.4 is 4.74 Å². The summed E-state index contributed by atoms with van der Waals surface area (Å²) in [4.78, 5) is 11.4. The minimum Gasteiger partial charge on any atom is -0.484 e. The van der Waals surface area contributed by atoms with E-state index >= 15 is 0 Å². The molecule has 0 radical (unpaired) electrons. The first-order valence-corrected chi connectivity index (χ1v) is 5.58. The fraction of sp³-hybridized carbons (Fsp3) is 0.357. The third-order valence-corrected chi connectivity index (χ3v) is 2.24. The largest absolute Gasteiger partial charge is 0.484 e. The van der Waals surface area contributed by atoms with E-state index in [2.05, 4.69) is 6.58 Å². The number of carbonyl (C=O) groups excluding carboxylic acids is 1. The summed E-state index contributed by atoms with van der Waals surface area (Å²) in [5.41, 5.74) is 0.0986. The molecular weight excluding hydrogens is 216 g/mol. The maximum atomic E-state index is 11.4. The third kappa shape index (κ3) is 3.94. The van der Waals surface area contributed by atoms with Crippen LogP contribution in [0.2, 0.25) is 0 Å². The topological polar surface area (TPSA) is 35.5 Å². The maximum Gasteiger partial charge on any atom is 0.338 e. The lowest BCUT2D eigenvalue weighted by atomic mass is 10.1. The fourth-order valence-corrected chi connectivity index (χ4v) is 1.22. The molecule has 3 nitrogen and oxygen atoms in total. The average molecular weight is 234 g/mol. The Hall–Kier alpha value is -1.77. The molecule has 92 valence electrons. The molecule has 0 spiro atoms. The lowest BCUT2D eigenvalue weighted by molar-refractivity contribution is 0.0526. The summed E-state index contributed by atoms with van der Waals surface area (Å²) in [5, 5.41) is 0. The van der Waals surface area contributed by atoms with Gasteiger partial charge in [-0.2, -0.15) is 0 Å². The molecule has 1 aromatic carbocycles. The van der Waals surface area contributed by atoms with Crippen LogP contribution in [0.3, 0.4) is 0 Å². The normalized spacial score (nSPS) is 10.8. The zero-order valence-electron chi connectivity index (χ0n) is 10.5. The highest BCUT2D eigenvalue weighted by Crippen LogP contribution is 2.19. The molecule has 0 atom stereocenters. The summed E-state index contributed by atoms with van der Waals surface area (Å²) < 4.78 is 10.6. The van der Waals surface area contributed by atoms with Gasteiger partial charge in [0.15, 0.2) is 0 Å². The maximum absolute atomic E-state index is 11.4. The van der Waals surface area contributed by atoms with E-state index in [-0.39, 0.29) is 5.97 Å². The van der Waals surface area contributed by atoms with E-state index in [1.54, 1.807) is 37.3 Å². The molecule has 0 saturated carbocycles. The molecule has 0 aliphatic rings. The van der Waals surface area contributed by atoms with E-state index in [9.17, 15) is 4.79 Å². The zero-order valence-corrected chi connectivity index (χ0v) is 10.5. The molecule has 17 heavy (non-hydrogen) atoms. The second-order valence-electron chi connectivity index (χ2n) is 4.15. The van der Waals surface area contributed by atoms with E-state index in [1.807, 2.05) is 13.8 Å². The first kappa shape index (κ1) is 13.3.